The maximum absolute atomic E-state index is 12.2. The van der Waals surface area contributed by atoms with E-state index in [0.29, 0.717) is 6.54 Å². The Kier molecular flexibility index (Phi) is 4.64. The predicted octanol–water partition coefficient (Wildman–Crippen LogP) is 1.91. The van der Waals surface area contributed by atoms with Crippen LogP contribution in [0.25, 0.3) is 0 Å². The molecule has 23 heavy (non-hydrogen) atoms. The minimum absolute atomic E-state index is 0.122. The summed E-state index contributed by atoms with van der Waals surface area (Å²) in [6, 6.07) is 4.14. The molecule has 124 valence electrons. The highest BCUT2D eigenvalue weighted by Crippen LogP contribution is 2.27. The van der Waals surface area contributed by atoms with Crippen LogP contribution in [0.5, 0.6) is 0 Å². The van der Waals surface area contributed by atoms with Crippen molar-refractivity contribution < 1.29 is 4.79 Å². The summed E-state index contributed by atoms with van der Waals surface area (Å²) in [6.07, 6.45) is 8.12. The van der Waals surface area contributed by atoms with Gasteiger partial charge in [-0.2, -0.15) is 10.2 Å². The van der Waals surface area contributed by atoms with E-state index in [9.17, 15) is 4.79 Å². The summed E-state index contributed by atoms with van der Waals surface area (Å²) in [4.78, 5) is 12.2. The molecule has 2 heterocycles. The Bertz CT molecular complexity index is 648. The SMILES string of the molecule is Cc1cc(CNC(=O)N[C@H]2CCCC[C@@H]2n2cccn2)n(C)n1. The second-order valence-electron chi connectivity index (χ2n) is 6.17. The first-order valence-corrected chi connectivity index (χ1v) is 8.16. The van der Waals surface area contributed by atoms with Crippen LogP contribution in [0.15, 0.2) is 24.5 Å². The molecule has 1 aliphatic rings. The number of carbonyl (C=O) groups is 1. The van der Waals surface area contributed by atoms with Crippen LogP contribution in [-0.4, -0.2) is 31.6 Å². The first-order valence-electron chi connectivity index (χ1n) is 8.16. The number of urea groups is 1. The molecular formula is C16H24N6O. The van der Waals surface area contributed by atoms with Crippen LogP contribution in [0.2, 0.25) is 0 Å². The lowest BCUT2D eigenvalue weighted by atomic mass is 9.90. The highest BCUT2D eigenvalue weighted by atomic mass is 16.2. The Balaban J connectivity index is 1.56. The van der Waals surface area contributed by atoms with Gasteiger partial charge in [-0.05, 0) is 31.9 Å². The topological polar surface area (TPSA) is 76.8 Å². The molecule has 0 radical (unpaired) electrons. The molecule has 1 saturated carbocycles. The molecule has 2 N–H and O–H groups in total. The van der Waals surface area contributed by atoms with Gasteiger partial charge < -0.3 is 10.6 Å². The summed E-state index contributed by atoms with van der Waals surface area (Å²) in [5.41, 5.74) is 1.95. The lowest BCUT2D eigenvalue weighted by Gasteiger charge is -2.32. The van der Waals surface area contributed by atoms with Crippen molar-refractivity contribution in [2.45, 2.75) is 51.2 Å². The Morgan fingerprint density at radius 1 is 1.39 bits per heavy atom. The Labute approximate surface area is 136 Å². The maximum Gasteiger partial charge on any atom is 0.315 e. The number of carbonyl (C=O) groups excluding carboxylic acids is 1. The molecule has 0 aromatic carbocycles. The van der Waals surface area contributed by atoms with Gasteiger partial charge in [0.2, 0.25) is 0 Å². The zero-order valence-electron chi connectivity index (χ0n) is 13.7. The van der Waals surface area contributed by atoms with Crippen molar-refractivity contribution in [1.29, 1.82) is 0 Å². The van der Waals surface area contributed by atoms with Crippen LogP contribution in [0, 0.1) is 6.92 Å². The summed E-state index contributed by atoms with van der Waals surface area (Å²) in [6.45, 7) is 2.42. The molecule has 2 amide bonds. The summed E-state index contributed by atoms with van der Waals surface area (Å²) in [7, 11) is 1.89. The number of aryl methyl sites for hydroxylation is 2. The highest BCUT2D eigenvalue weighted by Gasteiger charge is 2.28. The molecule has 2 aromatic heterocycles. The molecule has 7 heteroatoms. The van der Waals surface area contributed by atoms with Gasteiger partial charge in [0.25, 0.3) is 0 Å². The summed E-state index contributed by atoms with van der Waals surface area (Å²) >= 11 is 0. The van der Waals surface area contributed by atoms with Crippen molar-refractivity contribution in [2.75, 3.05) is 0 Å². The van der Waals surface area contributed by atoms with E-state index in [1.54, 1.807) is 10.9 Å². The number of nitrogens with zero attached hydrogens (tertiary/aromatic N) is 4. The molecule has 1 aliphatic carbocycles. The lowest BCUT2D eigenvalue weighted by Crippen LogP contribution is -2.47. The number of hydrogen-bond acceptors (Lipinski definition) is 3. The largest absolute Gasteiger partial charge is 0.333 e. The van der Waals surface area contributed by atoms with Crippen LogP contribution in [0.4, 0.5) is 4.79 Å². The standard InChI is InChI=1S/C16H24N6O/c1-12-10-13(21(2)20-12)11-17-16(23)19-14-6-3-4-7-15(14)22-9-5-8-18-22/h5,8-10,14-15H,3-4,6-7,11H2,1-2H3,(H2,17,19,23)/t14-,15-/m0/s1. The zero-order valence-corrected chi connectivity index (χ0v) is 13.7. The predicted molar refractivity (Wildman–Crippen MR) is 86.8 cm³/mol. The van der Waals surface area contributed by atoms with Crippen molar-refractivity contribution in [3.05, 3.63) is 35.9 Å². The van der Waals surface area contributed by atoms with Crippen LogP contribution < -0.4 is 10.6 Å². The van der Waals surface area contributed by atoms with Gasteiger partial charge in [-0.15, -0.1) is 0 Å². The minimum atomic E-state index is -0.132. The lowest BCUT2D eigenvalue weighted by molar-refractivity contribution is 0.213. The smallest absolute Gasteiger partial charge is 0.315 e. The molecule has 0 bridgehead atoms. The van der Waals surface area contributed by atoms with Crippen LogP contribution >= 0.6 is 0 Å². The van der Waals surface area contributed by atoms with E-state index in [1.807, 2.05) is 37.0 Å². The third-order valence-corrected chi connectivity index (χ3v) is 4.44. The van der Waals surface area contributed by atoms with E-state index in [2.05, 4.69) is 20.8 Å². The van der Waals surface area contributed by atoms with Gasteiger partial charge in [0, 0.05) is 19.4 Å². The number of amides is 2. The van der Waals surface area contributed by atoms with E-state index in [0.717, 1.165) is 30.7 Å². The molecular weight excluding hydrogens is 292 g/mol. The van der Waals surface area contributed by atoms with Crippen LogP contribution in [0.3, 0.4) is 0 Å². The molecule has 2 atom stereocenters. The average molecular weight is 316 g/mol. The normalized spacial score (nSPS) is 21.1. The first kappa shape index (κ1) is 15.6. The Morgan fingerprint density at radius 2 is 2.22 bits per heavy atom. The van der Waals surface area contributed by atoms with Crippen molar-refractivity contribution in [3.8, 4) is 0 Å². The van der Waals surface area contributed by atoms with E-state index in [4.69, 9.17) is 0 Å². The number of aromatic nitrogens is 4. The second kappa shape index (κ2) is 6.85. The van der Waals surface area contributed by atoms with E-state index in [-0.39, 0.29) is 18.1 Å². The fourth-order valence-corrected chi connectivity index (χ4v) is 3.29. The maximum atomic E-state index is 12.2. The third-order valence-electron chi connectivity index (χ3n) is 4.44. The molecule has 0 spiro atoms. The number of rotatable bonds is 4. The quantitative estimate of drug-likeness (QED) is 0.904. The Hall–Kier alpha value is -2.31. The minimum Gasteiger partial charge on any atom is -0.333 e. The van der Waals surface area contributed by atoms with Crippen molar-refractivity contribution in [1.82, 2.24) is 30.2 Å². The van der Waals surface area contributed by atoms with Crippen molar-refractivity contribution >= 4 is 6.03 Å². The summed E-state index contributed by atoms with van der Waals surface area (Å²) in [5, 5.41) is 14.7. The fourth-order valence-electron chi connectivity index (χ4n) is 3.29. The monoisotopic (exact) mass is 316 g/mol. The van der Waals surface area contributed by atoms with E-state index >= 15 is 0 Å². The zero-order chi connectivity index (χ0) is 16.2. The summed E-state index contributed by atoms with van der Waals surface area (Å²) < 4.78 is 3.76. The van der Waals surface area contributed by atoms with Crippen molar-refractivity contribution in [3.63, 3.8) is 0 Å². The van der Waals surface area contributed by atoms with Crippen LogP contribution in [-0.2, 0) is 13.6 Å². The molecule has 2 aromatic rings. The number of nitrogens with one attached hydrogen (secondary N) is 2. The molecule has 0 aliphatic heterocycles. The first-order chi connectivity index (χ1) is 11.1. The van der Waals surface area contributed by atoms with Gasteiger partial charge in [-0.3, -0.25) is 9.36 Å². The van der Waals surface area contributed by atoms with Gasteiger partial charge in [0.15, 0.2) is 0 Å². The van der Waals surface area contributed by atoms with Gasteiger partial charge in [0.1, 0.15) is 0 Å². The van der Waals surface area contributed by atoms with Gasteiger partial charge in [-0.1, -0.05) is 12.8 Å². The van der Waals surface area contributed by atoms with Gasteiger partial charge >= 0.3 is 6.03 Å². The van der Waals surface area contributed by atoms with Gasteiger partial charge in [0.05, 0.1) is 30.0 Å². The molecule has 3 rings (SSSR count). The van der Waals surface area contributed by atoms with Crippen LogP contribution in [0.1, 0.15) is 43.1 Å². The fraction of sp³-hybridized carbons (Fsp3) is 0.562. The van der Waals surface area contributed by atoms with Crippen molar-refractivity contribution in [2.24, 2.45) is 7.05 Å². The van der Waals surface area contributed by atoms with E-state index in [1.165, 1.54) is 6.42 Å². The molecule has 1 fully saturated rings. The molecule has 7 nitrogen and oxygen atoms in total. The molecule has 0 saturated heterocycles. The van der Waals surface area contributed by atoms with Gasteiger partial charge in [-0.25, -0.2) is 4.79 Å². The molecule has 0 unspecified atom stereocenters. The second-order valence-corrected chi connectivity index (χ2v) is 6.17. The summed E-state index contributed by atoms with van der Waals surface area (Å²) in [5.74, 6) is 0. The Morgan fingerprint density at radius 3 is 2.91 bits per heavy atom. The van der Waals surface area contributed by atoms with E-state index < -0.39 is 0 Å². The third kappa shape index (κ3) is 3.72. The highest BCUT2D eigenvalue weighted by molar-refractivity contribution is 5.74. The average Bonchev–Trinajstić information content (AvgIpc) is 3.15. The number of hydrogen-bond donors (Lipinski definition) is 2.